The van der Waals surface area contributed by atoms with Gasteiger partial charge in [0.25, 0.3) is 0 Å². The predicted molar refractivity (Wildman–Crippen MR) is 118 cm³/mol. The molecule has 0 spiro atoms. The van der Waals surface area contributed by atoms with Crippen LogP contribution in [0.5, 0.6) is 0 Å². The van der Waals surface area contributed by atoms with Gasteiger partial charge in [0.2, 0.25) is 10.0 Å². The number of nitrogens with zero attached hydrogens (tertiary/aromatic N) is 1. The third-order valence-electron chi connectivity index (χ3n) is 5.41. The van der Waals surface area contributed by atoms with E-state index in [-0.39, 0.29) is 4.90 Å². The van der Waals surface area contributed by atoms with E-state index in [9.17, 15) is 13.2 Å². The highest BCUT2D eigenvalue weighted by Crippen LogP contribution is 2.26. The molecule has 4 N–H and O–H groups in total. The fraction of sp³-hybridized carbons (Fsp3) is 0.318. The molecule has 4 rings (SSSR count). The molecule has 1 fully saturated rings. The number of fused-ring (bicyclic) bond motifs is 1. The van der Waals surface area contributed by atoms with Crippen molar-refractivity contribution >= 4 is 27.0 Å². The maximum atomic E-state index is 13.0. The predicted octanol–water partition coefficient (Wildman–Crippen LogP) is 2.92. The van der Waals surface area contributed by atoms with Crippen LogP contribution in [-0.4, -0.2) is 42.7 Å². The molecule has 3 aromatic rings. The first kappa shape index (κ1) is 21.4. The standard InChI is InChI=1S/C22H26N4O4S/c23-20(14-16-15-24-19-11-5-4-10-18(16)19)25-22(27)30-21-12-6-7-13-26(21)31(28,29)17-8-2-1-3-9-17/h1-5,8-11,15,20-21,24H,6-7,12-14,23H2,(H,25,27)/t20-,21-/m0/s1. The van der Waals surface area contributed by atoms with Crippen LogP contribution in [0.2, 0.25) is 0 Å². The fourth-order valence-corrected chi connectivity index (χ4v) is 5.49. The third kappa shape index (κ3) is 4.73. The Hall–Kier alpha value is -2.88. The fourth-order valence-electron chi connectivity index (χ4n) is 3.89. The van der Waals surface area contributed by atoms with Crippen LogP contribution in [0.4, 0.5) is 4.79 Å². The highest BCUT2D eigenvalue weighted by molar-refractivity contribution is 7.89. The number of alkyl carbamates (subject to hydrolysis) is 1. The van der Waals surface area contributed by atoms with Crippen LogP contribution in [0.1, 0.15) is 24.8 Å². The number of rotatable bonds is 6. The molecule has 2 aromatic carbocycles. The van der Waals surface area contributed by atoms with Gasteiger partial charge >= 0.3 is 6.09 Å². The van der Waals surface area contributed by atoms with Crippen molar-refractivity contribution < 1.29 is 17.9 Å². The largest absolute Gasteiger partial charge is 0.429 e. The summed E-state index contributed by atoms with van der Waals surface area (Å²) < 4.78 is 32.8. The first-order valence-corrected chi connectivity index (χ1v) is 11.7. The van der Waals surface area contributed by atoms with Gasteiger partial charge in [-0.05, 0) is 43.0 Å². The number of ether oxygens (including phenoxy) is 1. The van der Waals surface area contributed by atoms with E-state index >= 15 is 0 Å². The van der Waals surface area contributed by atoms with Crippen LogP contribution in [0, 0.1) is 0 Å². The van der Waals surface area contributed by atoms with Gasteiger partial charge in [-0.1, -0.05) is 36.4 Å². The molecule has 1 aromatic heterocycles. The summed E-state index contributed by atoms with van der Waals surface area (Å²) >= 11 is 0. The van der Waals surface area contributed by atoms with Crippen molar-refractivity contribution in [3.05, 3.63) is 66.4 Å². The van der Waals surface area contributed by atoms with Gasteiger partial charge in [-0.15, -0.1) is 0 Å². The summed E-state index contributed by atoms with van der Waals surface area (Å²) in [7, 11) is -3.76. The van der Waals surface area contributed by atoms with Gasteiger partial charge in [-0.2, -0.15) is 4.31 Å². The Balaban J connectivity index is 1.40. The van der Waals surface area contributed by atoms with Gasteiger partial charge in [0.15, 0.2) is 6.23 Å². The summed E-state index contributed by atoms with van der Waals surface area (Å²) in [5.41, 5.74) is 8.09. The van der Waals surface area contributed by atoms with E-state index in [1.165, 1.54) is 16.4 Å². The summed E-state index contributed by atoms with van der Waals surface area (Å²) in [4.78, 5) is 15.8. The number of carbonyl (C=O) groups is 1. The number of aromatic nitrogens is 1. The second-order valence-corrected chi connectivity index (χ2v) is 9.49. The summed E-state index contributed by atoms with van der Waals surface area (Å²) in [5.74, 6) is 0. The van der Waals surface area contributed by atoms with Crippen LogP contribution in [0.15, 0.2) is 65.7 Å². The lowest BCUT2D eigenvalue weighted by Crippen LogP contribution is -2.50. The van der Waals surface area contributed by atoms with Crippen molar-refractivity contribution in [1.82, 2.24) is 14.6 Å². The summed E-state index contributed by atoms with van der Waals surface area (Å²) in [5, 5.41) is 3.67. The smallest absolute Gasteiger partial charge is 0.409 e. The molecule has 0 aliphatic carbocycles. The molecule has 1 amide bonds. The van der Waals surface area contributed by atoms with Crippen molar-refractivity contribution in [2.75, 3.05) is 6.54 Å². The van der Waals surface area contributed by atoms with Crippen molar-refractivity contribution in [1.29, 1.82) is 0 Å². The van der Waals surface area contributed by atoms with Gasteiger partial charge in [0, 0.05) is 30.1 Å². The van der Waals surface area contributed by atoms with Gasteiger partial charge in [-0.3, -0.25) is 0 Å². The minimum absolute atomic E-state index is 0.182. The minimum atomic E-state index is -3.76. The molecule has 31 heavy (non-hydrogen) atoms. The molecule has 9 heteroatoms. The zero-order valence-electron chi connectivity index (χ0n) is 17.0. The first-order valence-electron chi connectivity index (χ1n) is 10.3. The number of nitrogens with two attached hydrogens (primary N) is 1. The maximum absolute atomic E-state index is 13.0. The summed E-state index contributed by atoms with van der Waals surface area (Å²) in [6.07, 6.45) is 1.95. The lowest BCUT2D eigenvalue weighted by Gasteiger charge is -2.34. The molecule has 0 radical (unpaired) electrons. The lowest BCUT2D eigenvalue weighted by molar-refractivity contribution is 0.00825. The number of amides is 1. The van der Waals surface area contributed by atoms with Crippen molar-refractivity contribution in [2.24, 2.45) is 5.73 Å². The van der Waals surface area contributed by atoms with Crippen molar-refractivity contribution in [3.63, 3.8) is 0 Å². The molecule has 1 saturated heterocycles. The van der Waals surface area contributed by atoms with E-state index in [0.29, 0.717) is 25.8 Å². The summed E-state index contributed by atoms with van der Waals surface area (Å²) in [6, 6.07) is 16.0. The second-order valence-electron chi connectivity index (χ2n) is 7.60. The normalized spacial score (nSPS) is 18.5. The van der Waals surface area contributed by atoms with Crippen molar-refractivity contribution in [3.8, 4) is 0 Å². The lowest BCUT2D eigenvalue weighted by atomic mass is 10.1. The molecule has 0 unspecified atom stereocenters. The number of aromatic amines is 1. The van der Waals surface area contributed by atoms with E-state index in [1.54, 1.807) is 18.2 Å². The van der Waals surface area contributed by atoms with Crippen LogP contribution >= 0.6 is 0 Å². The number of benzene rings is 2. The Bertz CT molecular complexity index is 1150. The molecule has 8 nitrogen and oxygen atoms in total. The van der Waals surface area contributed by atoms with Crippen LogP contribution in [-0.2, 0) is 21.2 Å². The van der Waals surface area contributed by atoms with Crippen LogP contribution < -0.4 is 11.1 Å². The summed E-state index contributed by atoms with van der Waals surface area (Å²) in [6.45, 7) is 0.302. The van der Waals surface area contributed by atoms with E-state index in [1.807, 2.05) is 30.5 Å². The number of hydrogen-bond donors (Lipinski definition) is 3. The average Bonchev–Trinajstić information content (AvgIpc) is 3.17. The topological polar surface area (TPSA) is 118 Å². The number of sulfonamides is 1. The maximum Gasteiger partial charge on any atom is 0.409 e. The number of hydrogen-bond acceptors (Lipinski definition) is 5. The van der Waals surface area contributed by atoms with Gasteiger partial charge < -0.3 is 20.8 Å². The number of nitrogens with one attached hydrogen (secondary N) is 2. The highest BCUT2D eigenvalue weighted by atomic mass is 32.2. The molecule has 2 heterocycles. The quantitative estimate of drug-likeness (QED) is 0.508. The number of piperidine rings is 1. The monoisotopic (exact) mass is 442 g/mol. The Kier molecular flexibility index (Phi) is 6.26. The van der Waals surface area contributed by atoms with E-state index in [2.05, 4.69) is 10.3 Å². The van der Waals surface area contributed by atoms with E-state index in [0.717, 1.165) is 22.9 Å². The Morgan fingerprint density at radius 2 is 1.90 bits per heavy atom. The molecule has 2 atom stereocenters. The van der Waals surface area contributed by atoms with E-state index in [4.69, 9.17) is 10.5 Å². The SMILES string of the molecule is N[C@H](Cc1c[nH]c2ccccc12)NC(=O)O[C@H]1CCCCN1S(=O)(=O)c1ccccc1. The number of H-pyrrole nitrogens is 1. The van der Waals surface area contributed by atoms with Gasteiger partial charge in [-0.25, -0.2) is 13.2 Å². The molecular weight excluding hydrogens is 416 g/mol. The third-order valence-corrected chi connectivity index (χ3v) is 7.31. The molecule has 1 aliphatic heterocycles. The van der Waals surface area contributed by atoms with Gasteiger partial charge in [0.1, 0.15) is 0 Å². The van der Waals surface area contributed by atoms with Crippen LogP contribution in [0.25, 0.3) is 10.9 Å². The zero-order valence-corrected chi connectivity index (χ0v) is 17.8. The number of carbonyl (C=O) groups excluding carboxylic acids is 1. The highest BCUT2D eigenvalue weighted by Gasteiger charge is 2.36. The molecule has 1 aliphatic rings. The molecule has 164 valence electrons. The van der Waals surface area contributed by atoms with Gasteiger partial charge in [0.05, 0.1) is 11.1 Å². The van der Waals surface area contributed by atoms with Crippen molar-refractivity contribution in [2.45, 2.75) is 43.0 Å². The Morgan fingerprint density at radius 1 is 1.16 bits per heavy atom. The average molecular weight is 443 g/mol. The molecule has 0 bridgehead atoms. The zero-order chi connectivity index (χ0) is 21.8. The Morgan fingerprint density at radius 3 is 2.71 bits per heavy atom. The number of para-hydroxylation sites is 1. The molecule has 0 saturated carbocycles. The minimum Gasteiger partial charge on any atom is -0.429 e. The second kappa shape index (κ2) is 9.09. The molecular formula is C22H26N4O4S. The van der Waals surface area contributed by atoms with E-state index < -0.39 is 28.5 Å². The Labute approximate surface area is 181 Å². The van der Waals surface area contributed by atoms with Crippen LogP contribution in [0.3, 0.4) is 0 Å². The first-order chi connectivity index (χ1) is 14.9.